The molecule has 2 N–H and O–H groups in total. The molecule has 3 heteroatoms. The van der Waals surface area contributed by atoms with E-state index in [1.807, 2.05) is 18.2 Å². The van der Waals surface area contributed by atoms with Gasteiger partial charge in [-0.05, 0) is 29.4 Å². The van der Waals surface area contributed by atoms with Gasteiger partial charge in [0.15, 0.2) is 0 Å². The monoisotopic (exact) mass is 174 g/mol. The lowest BCUT2D eigenvalue weighted by Gasteiger charge is -2.14. The maximum atomic E-state index is 9.11. The van der Waals surface area contributed by atoms with Gasteiger partial charge in [-0.2, -0.15) is 0 Å². The summed E-state index contributed by atoms with van der Waals surface area (Å²) in [5.74, 6) is 0. The van der Waals surface area contributed by atoms with E-state index in [1.165, 1.54) is 0 Å². The maximum Gasteiger partial charge on any atom is 0.488 e. The van der Waals surface area contributed by atoms with Crippen LogP contribution in [0.15, 0.2) is 24.3 Å². The third kappa shape index (κ3) is 1.53. The lowest BCUT2D eigenvalue weighted by molar-refractivity contribution is 0.425. The topological polar surface area (TPSA) is 40.5 Å². The average molecular weight is 174 g/mol. The fourth-order valence-electron chi connectivity index (χ4n) is 1.75. The zero-order valence-corrected chi connectivity index (χ0v) is 7.27. The number of hydrogen-bond acceptors (Lipinski definition) is 2. The molecule has 1 aliphatic rings. The zero-order valence-electron chi connectivity index (χ0n) is 7.27. The van der Waals surface area contributed by atoms with Crippen LogP contribution in [0.2, 0.25) is 0 Å². The Morgan fingerprint density at radius 3 is 2.85 bits per heavy atom. The second kappa shape index (κ2) is 3.36. The second-order valence-electron chi connectivity index (χ2n) is 3.23. The Balaban J connectivity index is 2.53. The van der Waals surface area contributed by atoms with Crippen molar-refractivity contribution in [2.45, 2.75) is 12.8 Å². The molecule has 1 aromatic rings. The predicted octanol–water partition coefficient (Wildman–Crippen LogP) is 0.326. The summed E-state index contributed by atoms with van der Waals surface area (Å²) >= 11 is 0. The fraction of sp³-hybridized carbons (Fsp3) is 0.200. The molecule has 0 saturated heterocycles. The Kier molecular flexibility index (Phi) is 2.21. The number of rotatable bonds is 1. The molecule has 13 heavy (non-hydrogen) atoms. The molecular weight excluding hydrogens is 163 g/mol. The molecule has 0 aliphatic heterocycles. The van der Waals surface area contributed by atoms with Gasteiger partial charge < -0.3 is 10.0 Å². The van der Waals surface area contributed by atoms with E-state index >= 15 is 0 Å². The smallest absolute Gasteiger partial charge is 0.423 e. The van der Waals surface area contributed by atoms with Crippen molar-refractivity contribution in [2.24, 2.45) is 0 Å². The summed E-state index contributed by atoms with van der Waals surface area (Å²) in [5.41, 5.74) is 2.82. The molecular formula is C10H11BO2. The minimum atomic E-state index is -1.35. The van der Waals surface area contributed by atoms with Crippen LogP contribution in [-0.4, -0.2) is 17.2 Å². The number of fused-ring (bicyclic) bond motifs is 1. The Morgan fingerprint density at radius 2 is 2.08 bits per heavy atom. The number of allylic oxidation sites excluding steroid dienone is 1. The molecule has 0 heterocycles. The van der Waals surface area contributed by atoms with Crippen molar-refractivity contribution in [1.82, 2.24) is 0 Å². The van der Waals surface area contributed by atoms with Gasteiger partial charge in [0.2, 0.25) is 0 Å². The van der Waals surface area contributed by atoms with E-state index < -0.39 is 7.12 Å². The molecule has 0 atom stereocenters. The zero-order chi connectivity index (χ0) is 9.26. The molecule has 2 nitrogen and oxygen atoms in total. The first-order valence-electron chi connectivity index (χ1n) is 4.43. The van der Waals surface area contributed by atoms with Crippen molar-refractivity contribution in [3.05, 3.63) is 35.4 Å². The van der Waals surface area contributed by atoms with Crippen LogP contribution in [0, 0.1) is 0 Å². The van der Waals surface area contributed by atoms with Crippen LogP contribution in [0.1, 0.15) is 17.5 Å². The summed E-state index contributed by atoms with van der Waals surface area (Å²) in [6.07, 6.45) is 6.02. The van der Waals surface area contributed by atoms with Crippen LogP contribution in [0.25, 0.3) is 6.08 Å². The summed E-state index contributed by atoms with van der Waals surface area (Å²) in [7, 11) is -1.35. The molecule has 1 aliphatic carbocycles. The highest BCUT2D eigenvalue weighted by atomic mass is 16.4. The second-order valence-corrected chi connectivity index (χ2v) is 3.23. The van der Waals surface area contributed by atoms with Crippen molar-refractivity contribution in [1.29, 1.82) is 0 Å². The van der Waals surface area contributed by atoms with E-state index in [-0.39, 0.29) is 0 Å². The number of hydrogen-bond donors (Lipinski definition) is 2. The van der Waals surface area contributed by atoms with Crippen molar-refractivity contribution >= 4 is 18.7 Å². The van der Waals surface area contributed by atoms with Gasteiger partial charge >= 0.3 is 7.12 Å². The van der Waals surface area contributed by atoms with E-state index in [9.17, 15) is 0 Å². The normalized spacial score (nSPS) is 14.0. The van der Waals surface area contributed by atoms with Crippen molar-refractivity contribution in [2.75, 3.05) is 0 Å². The first-order valence-corrected chi connectivity index (χ1v) is 4.43. The molecule has 0 aromatic heterocycles. The molecule has 2 rings (SSSR count). The highest BCUT2D eigenvalue weighted by molar-refractivity contribution is 6.59. The summed E-state index contributed by atoms with van der Waals surface area (Å²) in [6, 6.07) is 5.61. The van der Waals surface area contributed by atoms with Crippen LogP contribution in [-0.2, 0) is 6.42 Å². The molecule has 0 bridgehead atoms. The first-order chi connectivity index (χ1) is 6.29. The van der Waals surface area contributed by atoms with Crippen LogP contribution in [0.3, 0.4) is 0 Å². The van der Waals surface area contributed by atoms with E-state index in [0.29, 0.717) is 5.46 Å². The molecule has 0 amide bonds. The highest BCUT2D eigenvalue weighted by Gasteiger charge is 2.17. The maximum absolute atomic E-state index is 9.11. The molecule has 0 spiro atoms. The fourth-order valence-corrected chi connectivity index (χ4v) is 1.75. The minimum Gasteiger partial charge on any atom is -0.423 e. The Bertz CT molecular complexity index is 345. The molecule has 0 unspecified atom stereocenters. The SMILES string of the molecule is OB(O)c1cccc2c1CCC=C2. The summed E-state index contributed by atoms with van der Waals surface area (Å²) in [6.45, 7) is 0. The first kappa shape index (κ1) is 8.54. The standard InChI is InChI=1S/C10H11BO2/c12-11(13)10-7-3-5-8-4-1-2-6-9(8)10/h1,3-5,7,12-13H,2,6H2. The van der Waals surface area contributed by atoms with Crippen LogP contribution in [0.4, 0.5) is 0 Å². The van der Waals surface area contributed by atoms with Crippen LogP contribution in [0.5, 0.6) is 0 Å². The quantitative estimate of drug-likeness (QED) is 0.602. The van der Waals surface area contributed by atoms with Crippen LogP contribution >= 0.6 is 0 Å². The van der Waals surface area contributed by atoms with Gasteiger partial charge in [0, 0.05) is 0 Å². The predicted molar refractivity (Wildman–Crippen MR) is 53.6 cm³/mol. The summed E-state index contributed by atoms with van der Waals surface area (Å²) in [5, 5.41) is 18.2. The lowest BCUT2D eigenvalue weighted by atomic mass is 9.74. The van der Waals surface area contributed by atoms with E-state index in [1.54, 1.807) is 6.07 Å². The Hall–Kier alpha value is -1.06. The van der Waals surface area contributed by atoms with Gasteiger partial charge in [-0.25, -0.2) is 0 Å². The molecule has 0 radical (unpaired) electrons. The summed E-state index contributed by atoms with van der Waals surface area (Å²) < 4.78 is 0. The Morgan fingerprint density at radius 1 is 1.23 bits per heavy atom. The average Bonchev–Trinajstić information content (AvgIpc) is 2.17. The molecule has 66 valence electrons. The van der Waals surface area contributed by atoms with Crippen molar-refractivity contribution in [3.63, 3.8) is 0 Å². The van der Waals surface area contributed by atoms with Crippen LogP contribution < -0.4 is 5.46 Å². The molecule has 0 saturated carbocycles. The third-order valence-corrected chi connectivity index (χ3v) is 2.39. The van der Waals surface area contributed by atoms with Gasteiger partial charge in [0.1, 0.15) is 0 Å². The van der Waals surface area contributed by atoms with E-state index in [0.717, 1.165) is 24.0 Å². The van der Waals surface area contributed by atoms with Gasteiger partial charge in [0.05, 0.1) is 0 Å². The van der Waals surface area contributed by atoms with E-state index in [4.69, 9.17) is 10.0 Å². The number of benzene rings is 1. The third-order valence-electron chi connectivity index (χ3n) is 2.39. The van der Waals surface area contributed by atoms with Gasteiger partial charge in [-0.3, -0.25) is 0 Å². The largest absolute Gasteiger partial charge is 0.488 e. The van der Waals surface area contributed by atoms with Gasteiger partial charge in [-0.15, -0.1) is 0 Å². The van der Waals surface area contributed by atoms with Crippen molar-refractivity contribution < 1.29 is 10.0 Å². The van der Waals surface area contributed by atoms with E-state index in [2.05, 4.69) is 6.08 Å². The minimum absolute atomic E-state index is 0.641. The Labute approximate surface area is 77.7 Å². The highest BCUT2D eigenvalue weighted by Crippen LogP contribution is 2.16. The molecule has 0 fully saturated rings. The molecule has 1 aromatic carbocycles. The van der Waals surface area contributed by atoms with Gasteiger partial charge in [-0.1, -0.05) is 30.4 Å². The van der Waals surface area contributed by atoms with Crippen molar-refractivity contribution in [3.8, 4) is 0 Å². The lowest BCUT2D eigenvalue weighted by Crippen LogP contribution is -2.33. The van der Waals surface area contributed by atoms with Gasteiger partial charge in [0.25, 0.3) is 0 Å². The summed E-state index contributed by atoms with van der Waals surface area (Å²) in [4.78, 5) is 0.